The van der Waals surface area contributed by atoms with Gasteiger partial charge in [-0.3, -0.25) is 0 Å². The number of aryl methyl sites for hydroxylation is 2. The second kappa shape index (κ2) is 6.64. The van der Waals surface area contributed by atoms with E-state index in [-0.39, 0.29) is 16.3 Å². The number of hydrogen-bond donors (Lipinski definition) is 0. The second-order valence-electron chi connectivity index (χ2n) is 6.56. The summed E-state index contributed by atoms with van der Waals surface area (Å²) in [6.07, 6.45) is -1.21. The number of carbonyl (C=O) groups is 1. The van der Waals surface area contributed by atoms with Crippen molar-refractivity contribution in [2.45, 2.75) is 41.2 Å². The van der Waals surface area contributed by atoms with Gasteiger partial charge in [0, 0.05) is 0 Å². The smallest absolute Gasteiger partial charge is 0.425 e. The van der Waals surface area contributed by atoms with E-state index < -0.39 is 23.0 Å². The van der Waals surface area contributed by atoms with Gasteiger partial charge in [0.15, 0.2) is 0 Å². The molecule has 0 saturated carbocycles. The van der Waals surface area contributed by atoms with E-state index in [1.165, 1.54) is 0 Å². The predicted molar refractivity (Wildman–Crippen MR) is 82.3 cm³/mol. The fraction of sp³-hybridized carbons (Fsp3) is 0.533. The van der Waals surface area contributed by atoms with E-state index in [4.69, 9.17) is 4.74 Å². The van der Waals surface area contributed by atoms with Crippen molar-refractivity contribution in [2.24, 2.45) is 5.41 Å². The number of rotatable bonds is 4. The minimum Gasteiger partial charge on any atom is -0.448 e. The van der Waals surface area contributed by atoms with Crippen molar-refractivity contribution < 1.29 is 21.8 Å². The number of halogens is 1. The Balaban J connectivity index is 2.97. The Labute approximate surface area is 131 Å². The first-order valence-electron chi connectivity index (χ1n) is 6.85. The summed E-state index contributed by atoms with van der Waals surface area (Å²) >= 11 is 0. The lowest BCUT2D eigenvalue weighted by Crippen LogP contribution is -2.36. The molecule has 5 nitrogen and oxygen atoms in total. The quantitative estimate of drug-likeness (QED) is 0.792. The van der Waals surface area contributed by atoms with Gasteiger partial charge in [0.2, 0.25) is 0 Å². The minimum atomic E-state index is -5.20. The molecule has 0 heterocycles. The zero-order valence-electron chi connectivity index (χ0n) is 13.5. The fourth-order valence-electron chi connectivity index (χ4n) is 1.91. The number of carbonyl (C=O) groups excluding carboxylic acids is 1. The molecule has 0 atom stereocenters. The van der Waals surface area contributed by atoms with Crippen LogP contribution in [0.2, 0.25) is 0 Å². The van der Waals surface area contributed by atoms with Crippen molar-refractivity contribution in [1.82, 2.24) is 4.31 Å². The highest BCUT2D eigenvalue weighted by atomic mass is 32.3. The molecule has 0 bridgehead atoms. The monoisotopic (exact) mass is 331 g/mol. The first kappa shape index (κ1) is 18.4. The average molecular weight is 331 g/mol. The van der Waals surface area contributed by atoms with Crippen molar-refractivity contribution in [3.05, 3.63) is 34.9 Å². The maximum absolute atomic E-state index is 13.4. The lowest BCUT2D eigenvalue weighted by atomic mass is 9.99. The van der Waals surface area contributed by atoms with Gasteiger partial charge in [-0.25, -0.2) is 4.79 Å². The second-order valence-corrected chi connectivity index (χ2v) is 7.82. The molecular formula is C15H22FNO4S. The predicted octanol–water partition coefficient (Wildman–Crippen LogP) is 3.50. The van der Waals surface area contributed by atoms with E-state index in [1.807, 2.05) is 40.7 Å². The van der Waals surface area contributed by atoms with Crippen LogP contribution in [0.3, 0.4) is 0 Å². The van der Waals surface area contributed by atoms with Crippen molar-refractivity contribution in [2.75, 3.05) is 6.61 Å². The fourth-order valence-corrected chi connectivity index (χ4v) is 2.44. The van der Waals surface area contributed by atoms with Crippen LogP contribution in [0, 0.1) is 19.3 Å². The van der Waals surface area contributed by atoms with Crippen molar-refractivity contribution >= 4 is 16.5 Å². The minimum absolute atomic E-state index is 0.00923. The van der Waals surface area contributed by atoms with Crippen molar-refractivity contribution in [1.29, 1.82) is 0 Å². The summed E-state index contributed by atoms with van der Waals surface area (Å²) in [5.74, 6) is 0. The number of ether oxygens (including phenoxy) is 1. The Morgan fingerprint density at radius 3 is 2.09 bits per heavy atom. The van der Waals surface area contributed by atoms with E-state index in [1.54, 1.807) is 12.1 Å². The van der Waals surface area contributed by atoms with Crippen LogP contribution in [-0.2, 0) is 21.7 Å². The van der Waals surface area contributed by atoms with Crippen LogP contribution < -0.4 is 0 Å². The summed E-state index contributed by atoms with van der Waals surface area (Å²) in [7, 11) is -5.20. The SMILES string of the molecule is Cc1cc(C)cc(CN(C(=O)OCC(C)(C)C)S(=O)(=O)F)c1. The lowest BCUT2D eigenvalue weighted by molar-refractivity contribution is 0.0878. The number of nitrogens with zero attached hydrogens (tertiary/aromatic N) is 1. The molecular weight excluding hydrogens is 309 g/mol. The Hall–Kier alpha value is -1.63. The highest BCUT2D eigenvalue weighted by Crippen LogP contribution is 2.18. The molecule has 0 saturated heterocycles. The third-order valence-corrected chi connectivity index (χ3v) is 3.51. The van der Waals surface area contributed by atoms with Crippen LogP contribution in [0.5, 0.6) is 0 Å². The van der Waals surface area contributed by atoms with Crippen LogP contribution in [-0.4, -0.2) is 25.4 Å². The number of benzene rings is 1. The Morgan fingerprint density at radius 2 is 1.68 bits per heavy atom. The molecule has 0 aliphatic heterocycles. The zero-order valence-corrected chi connectivity index (χ0v) is 14.3. The van der Waals surface area contributed by atoms with E-state index in [9.17, 15) is 17.1 Å². The molecule has 0 fully saturated rings. The van der Waals surface area contributed by atoms with E-state index in [0.717, 1.165) is 11.1 Å². The van der Waals surface area contributed by atoms with Gasteiger partial charge < -0.3 is 4.74 Å². The first-order chi connectivity index (χ1) is 9.88. The summed E-state index contributed by atoms with van der Waals surface area (Å²) in [5, 5.41) is 0. The standard InChI is InChI=1S/C15H22FNO4S/c1-11-6-12(2)8-13(7-11)9-17(22(16,19)20)14(18)21-10-15(3,4)5/h6-8H,9-10H2,1-5H3. The molecule has 0 N–H and O–H groups in total. The average Bonchev–Trinajstić information content (AvgIpc) is 2.29. The molecule has 0 unspecified atom stereocenters. The highest BCUT2D eigenvalue weighted by molar-refractivity contribution is 7.84. The van der Waals surface area contributed by atoms with Crippen LogP contribution in [0.15, 0.2) is 18.2 Å². The molecule has 124 valence electrons. The summed E-state index contributed by atoms with van der Waals surface area (Å²) in [6, 6.07) is 5.29. The first-order valence-corrected chi connectivity index (χ1v) is 8.19. The lowest BCUT2D eigenvalue weighted by Gasteiger charge is -2.22. The molecule has 1 amide bonds. The van der Waals surface area contributed by atoms with Crippen molar-refractivity contribution in [3.63, 3.8) is 0 Å². The Bertz CT molecular complexity index is 630. The molecule has 0 radical (unpaired) electrons. The molecule has 0 aromatic heterocycles. The third-order valence-electron chi connectivity index (χ3n) is 2.70. The maximum Gasteiger partial charge on any atom is 0.425 e. The zero-order chi connectivity index (χ0) is 17.1. The van der Waals surface area contributed by atoms with E-state index in [0.29, 0.717) is 5.56 Å². The summed E-state index contributed by atoms with van der Waals surface area (Å²) < 4.78 is 40.9. The van der Waals surface area contributed by atoms with Gasteiger partial charge >= 0.3 is 16.5 Å². The molecule has 0 aliphatic carbocycles. The third kappa shape index (κ3) is 6.01. The highest BCUT2D eigenvalue weighted by Gasteiger charge is 2.30. The molecule has 1 rings (SSSR count). The maximum atomic E-state index is 13.4. The summed E-state index contributed by atoms with van der Waals surface area (Å²) in [4.78, 5) is 11.9. The van der Waals surface area contributed by atoms with Gasteiger partial charge in [0.25, 0.3) is 0 Å². The molecule has 0 spiro atoms. The summed E-state index contributed by atoms with van der Waals surface area (Å²) in [5.41, 5.74) is 1.97. The molecule has 1 aromatic carbocycles. The van der Waals surface area contributed by atoms with Crippen LogP contribution in [0.1, 0.15) is 37.5 Å². The van der Waals surface area contributed by atoms with Gasteiger partial charge in [-0.15, -0.1) is 0 Å². The van der Waals surface area contributed by atoms with Crippen LogP contribution in [0.4, 0.5) is 8.68 Å². The van der Waals surface area contributed by atoms with Crippen LogP contribution >= 0.6 is 0 Å². The Morgan fingerprint density at radius 1 is 1.18 bits per heavy atom. The number of amides is 1. The topological polar surface area (TPSA) is 63.7 Å². The molecule has 1 aromatic rings. The van der Waals surface area contributed by atoms with Gasteiger partial charge in [-0.05, 0) is 24.8 Å². The normalized spacial score (nSPS) is 12.1. The summed E-state index contributed by atoms with van der Waals surface area (Å²) in [6.45, 7) is 8.72. The molecule has 22 heavy (non-hydrogen) atoms. The molecule has 0 aliphatic rings. The van der Waals surface area contributed by atoms with Gasteiger partial charge in [0.05, 0.1) is 13.2 Å². The van der Waals surface area contributed by atoms with Crippen LogP contribution in [0.25, 0.3) is 0 Å². The Kier molecular flexibility index (Phi) is 5.56. The van der Waals surface area contributed by atoms with E-state index >= 15 is 0 Å². The van der Waals surface area contributed by atoms with Gasteiger partial charge in [0.1, 0.15) is 0 Å². The largest absolute Gasteiger partial charge is 0.448 e. The van der Waals surface area contributed by atoms with Crippen molar-refractivity contribution in [3.8, 4) is 0 Å². The van der Waals surface area contributed by atoms with Gasteiger partial charge in [-0.1, -0.05) is 54.0 Å². The molecule has 7 heteroatoms. The number of hydrogen-bond acceptors (Lipinski definition) is 4. The van der Waals surface area contributed by atoms with Gasteiger partial charge in [-0.2, -0.15) is 12.7 Å². The van der Waals surface area contributed by atoms with E-state index in [2.05, 4.69) is 0 Å².